The highest BCUT2D eigenvalue weighted by Crippen LogP contribution is 2.41. The molecule has 4 fully saturated rings. The second-order valence-corrected chi connectivity index (χ2v) is 12.3. The Bertz CT molecular complexity index is 1130. The van der Waals surface area contributed by atoms with E-state index in [2.05, 4.69) is 25.6 Å². The van der Waals surface area contributed by atoms with Crippen LogP contribution in [0.4, 0.5) is 10.2 Å². The number of hydrogen-bond acceptors (Lipinski definition) is 7. The highest BCUT2D eigenvalue weighted by molar-refractivity contribution is 6.04. The van der Waals surface area contributed by atoms with Gasteiger partial charge in [0, 0.05) is 5.54 Å². The summed E-state index contributed by atoms with van der Waals surface area (Å²) in [5, 5.41) is 11.7. The van der Waals surface area contributed by atoms with E-state index in [1.54, 1.807) is 0 Å². The number of likely N-dealkylation sites (tertiary alicyclic amines) is 1. The summed E-state index contributed by atoms with van der Waals surface area (Å²) in [5.74, 6) is 0.276. The number of carbonyl (C=O) groups excluding carboxylic acids is 1. The van der Waals surface area contributed by atoms with Gasteiger partial charge in [0.1, 0.15) is 5.56 Å². The number of halogens is 1. The van der Waals surface area contributed by atoms with E-state index in [1.165, 1.54) is 55.7 Å². The van der Waals surface area contributed by atoms with E-state index in [1.807, 2.05) is 0 Å². The van der Waals surface area contributed by atoms with Gasteiger partial charge in [-0.3, -0.25) is 9.69 Å². The predicted molar refractivity (Wildman–Crippen MR) is 148 cm³/mol. The maximum absolute atomic E-state index is 14.0. The molecule has 214 valence electrons. The zero-order chi connectivity index (χ0) is 26.8. The van der Waals surface area contributed by atoms with Crippen molar-refractivity contribution in [1.82, 2.24) is 30.1 Å². The third-order valence-electron chi connectivity index (χ3n) is 10.0. The molecule has 1 amide bonds. The summed E-state index contributed by atoms with van der Waals surface area (Å²) in [5.41, 5.74) is 6.62. The molecule has 9 nitrogen and oxygen atoms in total. The van der Waals surface area contributed by atoms with Crippen molar-refractivity contribution in [3.8, 4) is 0 Å². The van der Waals surface area contributed by atoms with Crippen molar-refractivity contribution >= 4 is 17.4 Å². The van der Waals surface area contributed by atoms with Gasteiger partial charge in [-0.05, 0) is 63.6 Å². The monoisotopic (exact) mass is 541 g/mol. The molecule has 1 spiro atoms. The molecule has 2 aromatic rings. The van der Waals surface area contributed by atoms with Crippen LogP contribution in [0, 0.1) is 17.7 Å². The molecular formula is C29H44FN7O2. The predicted octanol–water partition coefficient (Wildman–Crippen LogP) is 3.53. The molecule has 1 saturated carbocycles. The van der Waals surface area contributed by atoms with Crippen molar-refractivity contribution < 1.29 is 13.9 Å². The Morgan fingerprint density at radius 3 is 2.44 bits per heavy atom. The van der Waals surface area contributed by atoms with Crippen LogP contribution in [0.5, 0.6) is 0 Å². The van der Waals surface area contributed by atoms with Gasteiger partial charge in [-0.2, -0.15) is 0 Å². The largest absolute Gasteiger partial charge is 0.381 e. The first-order valence-corrected chi connectivity index (χ1v) is 15.2. The SMILES string of the molecule is Nc1nn2cc(F)cnc2c1C(=O)NC1C(C2CCN(C3COC3)CC2)CCNC12CCCCCCCCC2. The number of anilines is 1. The number of piperidine rings is 2. The van der Waals surface area contributed by atoms with Gasteiger partial charge in [-0.15, -0.1) is 5.10 Å². The lowest BCUT2D eigenvalue weighted by Gasteiger charge is -2.53. The fraction of sp³-hybridized carbons (Fsp3) is 0.759. The lowest BCUT2D eigenvalue weighted by atomic mass is 9.65. The second-order valence-electron chi connectivity index (χ2n) is 12.3. The van der Waals surface area contributed by atoms with E-state index in [9.17, 15) is 9.18 Å². The van der Waals surface area contributed by atoms with Crippen molar-refractivity contribution in [3.63, 3.8) is 0 Å². The molecule has 2 atom stereocenters. The van der Waals surface area contributed by atoms with Crippen LogP contribution in [0.25, 0.3) is 5.65 Å². The van der Waals surface area contributed by atoms with Crippen molar-refractivity contribution in [1.29, 1.82) is 0 Å². The zero-order valence-electron chi connectivity index (χ0n) is 23.0. The van der Waals surface area contributed by atoms with Crippen LogP contribution in [0.2, 0.25) is 0 Å². The quantitative estimate of drug-likeness (QED) is 0.543. The first-order chi connectivity index (χ1) is 19.0. The number of nitrogens with zero attached hydrogens (tertiary/aromatic N) is 4. The average molecular weight is 542 g/mol. The fourth-order valence-corrected chi connectivity index (χ4v) is 7.81. The maximum Gasteiger partial charge on any atom is 0.259 e. The summed E-state index contributed by atoms with van der Waals surface area (Å²) >= 11 is 0. The molecule has 5 heterocycles. The average Bonchev–Trinajstić information content (AvgIpc) is 3.23. The first kappa shape index (κ1) is 26.9. The van der Waals surface area contributed by atoms with Gasteiger partial charge < -0.3 is 21.1 Å². The molecule has 2 unspecified atom stereocenters. The molecule has 4 aliphatic rings. The number of carbonyl (C=O) groups is 1. The molecular weight excluding hydrogens is 497 g/mol. The van der Waals surface area contributed by atoms with E-state index in [0.29, 0.717) is 23.5 Å². The third kappa shape index (κ3) is 5.52. The minimum Gasteiger partial charge on any atom is -0.381 e. The lowest BCUT2D eigenvalue weighted by Crippen LogP contribution is -2.68. The summed E-state index contributed by atoms with van der Waals surface area (Å²) in [6.45, 7) is 4.92. The number of nitrogens with two attached hydrogens (primary N) is 1. The van der Waals surface area contributed by atoms with Gasteiger partial charge in [0.2, 0.25) is 0 Å². The van der Waals surface area contributed by atoms with Crippen LogP contribution in [0.1, 0.15) is 87.4 Å². The van der Waals surface area contributed by atoms with Crippen LogP contribution < -0.4 is 16.4 Å². The fourth-order valence-electron chi connectivity index (χ4n) is 7.81. The number of rotatable bonds is 4. The van der Waals surface area contributed by atoms with Crippen molar-refractivity contribution in [2.24, 2.45) is 11.8 Å². The summed E-state index contributed by atoms with van der Waals surface area (Å²) in [4.78, 5) is 20.8. The maximum atomic E-state index is 14.0. The molecule has 3 saturated heterocycles. The molecule has 6 rings (SSSR count). The number of amides is 1. The van der Waals surface area contributed by atoms with Gasteiger partial charge in [0.05, 0.1) is 37.7 Å². The van der Waals surface area contributed by atoms with E-state index < -0.39 is 5.82 Å². The molecule has 2 aromatic heterocycles. The Morgan fingerprint density at radius 1 is 1.08 bits per heavy atom. The standard InChI is InChI=1S/C29H44FN7O2/c30-21-16-32-27-24(26(31)35-37(27)17-21)28(38)34-25-23(20-9-14-36(15-10-20)22-18-39-19-22)8-13-33-29(25)11-6-4-2-1-3-5-7-12-29/h16-17,20,22-23,25,33H,1-15,18-19H2,(H2,31,35)(H,34,38). The first-order valence-electron chi connectivity index (χ1n) is 15.2. The molecule has 0 aromatic carbocycles. The number of nitrogens with one attached hydrogen (secondary N) is 2. The van der Waals surface area contributed by atoms with Gasteiger partial charge in [0.15, 0.2) is 17.3 Å². The number of hydrogen-bond donors (Lipinski definition) is 3. The second kappa shape index (κ2) is 11.7. The van der Waals surface area contributed by atoms with Crippen LogP contribution in [0.3, 0.4) is 0 Å². The molecule has 0 radical (unpaired) electrons. The lowest BCUT2D eigenvalue weighted by molar-refractivity contribution is -0.0785. The van der Waals surface area contributed by atoms with E-state index in [4.69, 9.17) is 10.5 Å². The van der Waals surface area contributed by atoms with Gasteiger partial charge in [-0.25, -0.2) is 13.9 Å². The Balaban J connectivity index is 1.29. The highest BCUT2D eigenvalue weighted by Gasteiger charge is 2.48. The summed E-state index contributed by atoms with van der Waals surface area (Å²) in [6, 6.07) is 0.576. The molecule has 0 bridgehead atoms. The van der Waals surface area contributed by atoms with Crippen LogP contribution >= 0.6 is 0 Å². The van der Waals surface area contributed by atoms with Crippen LogP contribution in [0.15, 0.2) is 12.4 Å². The Hall–Kier alpha value is -2.30. The van der Waals surface area contributed by atoms with Crippen LogP contribution in [-0.4, -0.2) is 75.9 Å². The summed E-state index contributed by atoms with van der Waals surface area (Å²) < 4.78 is 20.5. The van der Waals surface area contributed by atoms with E-state index in [-0.39, 0.29) is 28.9 Å². The minimum atomic E-state index is -0.520. The van der Waals surface area contributed by atoms with Crippen LogP contribution in [-0.2, 0) is 4.74 Å². The Morgan fingerprint density at radius 2 is 1.77 bits per heavy atom. The van der Waals surface area contributed by atoms with E-state index in [0.717, 1.165) is 71.1 Å². The zero-order valence-corrected chi connectivity index (χ0v) is 23.0. The highest BCUT2D eigenvalue weighted by atomic mass is 19.1. The number of fused-ring (bicyclic) bond motifs is 1. The Labute approximate surface area is 230 Å². The normalized spacial score (nSPS) is 27.8. The molecule has 1 aliphatic carbocycles. The molecule has 3 aliphatic heterocycles. The van der Waals surface area contributed by atoms with Crippen molar-refractivity contribution in [3.05, 3.63) is 23.8 Å². The number of ether oxygens (including phenoxy) is 1. The topological polar surface area (TPSA) is 110 Å². The van der Waals surface area contributed by atoms with Gasteiger partial charge in [0.25, 0.3) is 5.91 Å². The van der Waals surface area contributed by atoms with Crippen molar-refractivity contribution in [2.45, 2.75) is 94.7 Å². The minimum absolute atomic E-state index is 0.00318. The number of aromatic nitrogens is 3. The third-order valence-corrected chi connectivity index (χ3v) is 10.0. The summed E-state index contributed by atoms with van der Waals surface area (Å²) in [6.07, 6.45) is 16.6. The van der Waals surface area contributed by atoms with E-state index >= 15 is 0 Å². The Kier molecular flexibility index (Phi) is 8.05. The smallest absolute Gasteiger partial charge is 0.259 e. The molecule has 10 heteroatoms. The molecule has 4 N–H and O–H groups in total. The van der Waals surface area contributed by atoms with Gasteiger partial charge >= 0.3 is 0 Å². The summed E-state index contributed by atoms with van der Waals surface area (Å²) in [7, 11) is 0. The number of nitrogen functional groups attached to an aromatic ring is 1. The van der Waals surface area contributed by atoms with Crippen molar-refractivity contribution in [2.75, 3.05) is 38.6 Å². The van der Waals surface area contributed by atoms with Gasteiger partial charge in [-0.1, -0.05) is 44.9 Å². The molecule has 39 heavy (non-hydrogen) atoms.